The zero-order valence-electron chi connectivity index (χ0n) is 8.11. The van der Waals surface area contributed by atoms with Gasteiger partial charge in [0.25, 0.3) is 0 Å². The van der Waals surface area contributed by atoms with Crippen LogP contribution in [0.1, 0.15) is 32.1 Å². The molecule has 2 bridgehead atoms. The van der Waals surface area contributed by atoms with Crippen molar-refractivity contribution in [3.8, 4) is 0 Å². The average molecular weight is 194 g/mol. The van der Waals surface area contributed by atoms with Crippen LogP contribution >= 0.6 is 0 Å². The smallest absolute Gasteiger partial charge is 0.211 e. The Morgan fingerprint density at radius 3 is 1.57 bits per heavy atom. The van der Waals surface area contributed by atoms with Crippen LogP contribution in [0.5, 0.6) is 0 Å². The molecule has 0 N–H and O–H groups in total. The van der Waals surface area contributed by atoms with Gasteiger partial charge in [0.05, 0.1) is 0 Å². The van der Waals surface area contributed by atoms with E-state index in [4.69, 9.17) is 0 Å². The SMILES string of the molecule is C1CC2CCC1C2.O=C=NCN=C=O. The largest absolute Gasteiger partial charge is 0.236 e. The fraction of sp³-hybridized carbons (Fsp3) is 0.800. The van der Waals surface area contributed by atoms with Gasteiger partial charge in [0, 0.05) is 0 Å². The highest BCUT2D eigenvalue weighted by Crippen LogP contribution is 2.43. The molecule has 2 rings (SSSR count). The molecule has 0 aromatic rings. The Bertz CT molecular complexity index is 231. The molecule has 0 aromatic heterocycles. The fourth-order valence-electron chi connectivity index (χ4n) is 2.27. The van der Waals surface area contributed by atoms with Gasteiger partial charge >= 0.3 is 0 Å². The Labute approximate surface area is 83.1 Å². The molecule has 2 aliphatic carbocycles. The van der Waals surface area contributed by atoms with E-state index < -0.39 is 0 Å². The van der Waals surface area contributed by atoms with Crippen molar-refractivity contribution in [1.29, 1.82) is 0 Å². The molecule has 14 heavy (non-hydrogen) atoms. The van der Waals surface area contributed by atoms with Gasteiger partial charge < -0.3 is 0 Å². The first-order valence-electron chi connectivity index (χ1n) is 4.94. The highest BCUT2D eigenvalue weighted by molar-refractivity contribution is 5.35. The fourth-order valence-corrected chi connectivity index (χ4v) is 2.27. The number of isocyanates is 2. The number of nitrogens with zero attached hydrogens (tertiary/aromatic N) is 2. The molecule has 0 amide bonds. The van der Waals surface area contributed by atoms with Gasteiger partial charge in [0.1, 0.15) is 0 Å². The number of rotatable bonds is 2. The molecule has 0 aromatic carbocycles. The van der Waals surface area contributed by atoms with Gasteiger partial charge in [-0.05, 0) is 18.3 Å². The highest BCUT2D eigenvalue weighted by atomic mass is 16.1. The summed E-state index contributed by atoms with van der Waals surface area (Å²) in [6.07, 6.45) is 10.2. The Balaban J connectivity index is 0.000000140. The van der Waals surface area contributed by atoms with Crippen LogP contribution in [0.25, 0.3) is 0 Å². The van der Waals surface area contributed by atoms with Gasteiger partial charge in [-0.15, -0.1) is 0 Å². The first kappa shape index (κ1) is 10.8. The molecule has 0 saturated heterocycles. The molecule has 0 unspecified atom stereocenters. The first-order valence-corrected chi connectivity index (χ1v) is 4.94. The third-order valence-corrected chi connectivity index (χ3v) is 2.90. The van der Waals surface area contributed by atoms with Gasteiger partial charge in [-0.2, -0.15) is 9.98 Å². The Morgan fingerprint density at radius 2 is 1.36 bits per heavy atom. The quantitative estimate of drug-likeness (QED) is 0.497. The molecular formula is C10H14N2O2. The monoisotopic (exact) mass is 194 g/mol. The maximum Gasteiger partial charge on any atom is 0.236 e. The summed E-state index contributed by atoms with van der Waals surface area (Å²) in [5.74, 6) is 2.34. The van der Waals surface area contributed by atoms with Crippen molar-refractivity contribution in [2.45, 2.75) is 32.1 Å². The van der Waals surface area contributed by atoms with Crippen molar-refractivity contribution in [3.63, 3.8) is 0 Å². The average Bonchev–Trinajstić information content (AvgIpc) is 2.83. The van der Waals surface area contributed by atoms with Crippen LogP contribution in [0.4, 0.5) is 0 Å². The van der Waals surface area contributed by atoms with Gasteiger partial charge in [-0.3, -0.25) is 0 Å². The minimum Gasteiger partial charge on any atom is -0.211 e. The normalized spacial score (nSPS) is 26.9. The summed E-state index contributed by atoms with van der Waals surface area (Å²) in [5, 5.41) is 0. The standard InChI is InChI=1S/C7H12.C3H2N2O2/c1-2-7-4-3-6(1)5-7;6-2-4-1-5-3-7/h6-7H,1-5H2;1H2. The molecular weight excluding hydrogens is 180 g/mol. The molecule has 4 nitrogen and oxygen atoms in total. The number of hydrogen-bond acceptors (Lipinski definition) is 4. The molecule has 4 heteroatoms. The molecule has 0 radical (unpaired) electrons. The third-order valence-electron chi connectivity index (χ3n) is 2.90. The number of carbonyl (C=O) groups excluding carboxylic acids is 2. The predicted molar refractivity (Wildman–Crippen MR) is 51.2 cm³/mol. The van der Waals surface area contributed by atoms with E-state index in [1.54, 1.807) is 32.1 Å². The zero-order chi connectivity index (χ0) is 10.2. The lowest BCUT2D eigenvalue weighted by atomic mass is 10.0. The minimum absolute atomic E-state index is 0.160. The van der Waals surface area contributed by atoms with Crippen LogP contribution in [0.15, 0.2) is 9.98 Å². The second-order valence-corrected chi connectivity index (χ2v) is 3.76. The maximum atomic E-state index is 9.20. The second-order valence-electron chi connectivity index (χ2n) is 3.76. The minimum atomic E-state index is -0.160. The van der Waals surface area contributed by atoms with E-state index in [0.717, 1.165) is 0 Å². The molecule has 2 aliphatic rings. The van der Waals surface area contributed by atoms with Crippen molar-refractivity contribution in [2.24, 2.45) is 21.8 Å². The first-order chi connectivity index (χ1) is 6.86. The Morgan fingerprint density at radius 1 is 0.929 bits per heavy atom. The molecule has 0 spiro atoms. The summed E-state index contributed by atoms with van der Waals surface area (Å²) in [7, 11) is 0. The summed E-state index contributed by atoms with van der Waals surface area (Å²) in [6.45, 7) is -0.160. The van der Waals surface area contributed by atoms with E-state index in [-0.39, 0.29) is 6.67 Å². The molecule has 0 aliphatic heterocycles. The summed E-state index contributed by atoms with van der Waals surface area (Å²) in [5.41, 5.74) is 0. The summed E-state index contributed by atoms with van der Waals surface area (Å²) in [4.78, 5) is 24.2. The van der Waals surface area contributed by atoms with Crippen molar-refractivity contribution < 1.29 is 9.59 Å². The van der Waals surface area contributed by atoms with Crippen LogP contribution in [0, 0.1) is 11.8 Å². The van der Waals surface area contributed by atoms with Crippen LogP contribution in [-0.4, -0.2) is 18.8 Å². The third kappa shape index (κ3) is 3.65. The van der Waals surface area contributed by atoms with Crippen LogP contribution in [-0.2, 0) is 9.59 Å². The van der Waals surface area contributed by atoms with E-state index in [9.17, 15) is 9.59 Å². The van der Waals surface area contributed by atoms with Crippen LogP contribution in [0.2, 0.25) is 0 Å². The lowest BCUT2D eigenvalue weighted by Gasteiger charge is -2.05. The van der Waals surface area contributed by atoms with Crippen LogP contribution < -0.4 is 0 Å². The number of aliphatic imine (C=N–C) groups is 2. The molecule has 76 valence electrons. The van der Waals surface area contributed by atoms with E-state index in [2.05, 4.69) is 9.98 Å². The topological polar surface area (TPSA) is 58.9 Å². The summed E-state index contributed by atoms with van der Waals surface area (Å²) >= 11 is 0. The Kier molecular flexibility index (Phi) is 4.84. The van der Waals surface area contributed by atoms with Gasteiger partial charge in [0.2, 0.25) is 12.2 Å². The van der Waals surface area contributed by atoms with E-state index in [1.807, 2.05) is 0 Å². The Hall–Kier alpha value is -1.24. The van der Waals surface area contributed by atoms with E-state index >= 15 is 0 Å². The maximum absolute atomic E-state index is 9.20. The van der Waals surface area contributed by atoms with Gasteiger partial charge in [0.15, 0.2) is 6.67 Å². The highest BCUT2D eigenvalue weighted by Gasteiger charge is 2.30. The molecule has 0 atom stereocenters. The van der Waals surface area contributed by atoms with E-state index in [0.29, 0.717) is 0 Å². The van der Waals surface area contributed by atoms with Crippen LogP contribution in [0.3, 0.4) is 0 Å². The van der Waals surface area contributed by atoms with Crippen molar-refractivity contribution >= 4 is 12.2 Å². The van der Waals surface area contributed by atoms with E-state index in [1.165, 1.54) is 24.0 Å². The van der Waals surface area contributed by atoms with Gasteiger partial charge in [-0.1, -0.05) is 25.7 Å². The molecule has 2 fully saturated rings. The summed E-state index contributed by atoms with van der Waals surface area (Å²) < 4.78 is 0. The predicted octanol–water partition coefficient (Wildman–Crippen LogP) is 1.81. The zero-order valence-corrected chi connectivity index (χ0v) is 8.11. The van der Waals surface area contributed by atoms with Gasteiger partial charge in [-0.25, -0.2) is 9.59 Å². The number of hydrogen-bond donors (Lipinski definition) is 0. The molecule has 2 saturated carbocycles. The lowest BCUT2D eigenvalue weighted by Crippen LogP contribution is -1.90. The molecule has 0 heterocycles. The summed E-state index contributed by atoms with van der Waals surface area (Å²) in [6, 6.07) is 0. The second kappa shape index (κ2) is 6.25. The van der Waals surface area contributed by atoms with Crippen molar-refractivity contribution in [1.82, 2.24) is 0 Å². The van der Waals surface area contributed by atoms with Crippen molar-refractivity contribution in [3.05, 3.63) is 0 Å². The number of fused-ring (bicyclic) bond motifs is 2. The van der Waals surface area contributed by atoms with Crippen molar-refractivity contribution in [2.75, 3.05) is 6.67 Å². The lowest BCUT2D eigenvalue weighted by molar-refractivity contribution is 0.480.